The van der Waals surface area contributed by atoms with Crippen LogP contribution in [0.15, 0.2) is 15.7 Å². The predicted molar refractivity (Wildman–Crippen MR) is 65.8 cm³/mol. The zero-order chi connectivity index (χ0) is 12.9. The van der Waals surface area contributed by atoms with Crippen molar-refractivity contribution in [3.05, 3.63) is 17.0 Å². The van der Waals surface area contributed by atoms with Gasteiger partial charge in [-0.15, -0.1) is 11.3 Å². The van der Waals surface area contributed by atoms with Crippen LogP contribution in [0.4, 0.5) is 0 Å². The summed E-state index contributed by atoms with van der Waals surface area (Å²) < 4.78 is 30.7. The van der Waals surface area contributed by atoms with E-state index in [0.717, 1.165) is 17.8 Å². The minimum Gasteiger partial charge on any atom is -0.462 e. The van der Waals surface area contributed by atoms with Gasteiger partial charge in [-0.3, -0.25) is 0 Å². The number of esters is 1. The maximum atomic E-state index is 11.6. The third kappa shape index (κ3) is 3.79. The van der Waals surface area contributed by atoms with Crippen molar-refractivity contribution in [2.24, 2.45) is 0 Å². The van der Waals surface area contributed by atoms with Crippen LogP contribution < -0.4 is 4.72 Å². The van der Waals surface area contributed by atoms with Crippen LogP contribution in [0.5, 0.6) is 0 Å². The highest BCUT2D eigenvalue weighted by Crippen LogP contribution is 2.20. The Balaban J connectivity index is 2.81. The van der Waals surface area contributed by atoms with Gasteiger partial charge in [-0.25, -0.2) is 17.9 Å². The predicted octanol–water partition coefficient (Wildman–Crippen LogP) is 1.61. The minimum absolute atomic E-state index is 0.128. The molecule has 5 nitrogen and oxygen atoms in total. The third-order valence-corrected chi connectivity index (χ3v) is 4.83. The molecular weight excluding hydrogens is 262 g/mol. The van der Waals surface area contributed by atoms with Crippen molar-refractivity contribution in [1.82, 2.24) is 4.72 Å². The molecule has 0 saturated carbocycles. The Morgan fingerprint density at radius 1 is 1.47 bits per heavy atom. The second-order valence-electron chi connectivity index (χ2n) is 3.29. The van der Waals surface area contributed by atoms with E-state index in [4.69, 9.17) is 4.74 Å². The molecule has 0 spiro atoms. The number of carbonyl (C=O) groups is 1. The Kier molecular flexibility index (Phi) is 5.10. The molecule has 1 aromatic heterocycles. The molecule has 0 radical (unpaired) electrons. The zero-order valence-corrected chi connectivity index (χ0v) is 11.4. The summed E-state index contributed by atoms with van der Waals surface area (Å²) in [6.07, 6.45) is 0.735. The lowest BCUT2D eigenvalue weighted by Gasteiger charge is -2.00. The van der Waals surface area contributed by atoms with E-state index < -0.39 is 16.0 Å². The second kappa shape index (κ2) is 6.13. The fraction of sp³-hybridized carbons (Fsp3) is 0.500. The van der Waals surface area contributed by atoms with Gasteiger partial charge in [0.15, 0.2) is 0 Å². The molecule has 0 aliphatic heterocycles. The van der Waals surface area contributed by atoms with E-state index >= 15 is 0 Å². The molecule has 0 aliphatic carbocycles. The van der Waals surface area contributed by atoms with E-state index in [-0.39, 0.29) is 9.77 Å². The van der Waals surface area contributed by atoms with E-state index in [1.807, 2.05) is 6.92 Å². The highest BCUT2D eigenvalue weighted by atomic mass is 32.2. The second-order valence-corrected chi connectivity index (χ2v) is 6.20. The average molecular weight is 277 g/mol. The van der Waals surface area contributed by atoms with Crippen molar-refractivity contribution >= 4 is 27.3 Å². The molecule has 0 saturated heterocycles. The molecule has 1 aromatic rings. The maximum Gasteiger partial charge on any atom is 0.339 e. The largest absolute Gasteiger partial charge is 0.462 e. The Labute approximate surface area is 105 Å². The fourth-order valence-electron chi connectivity index (χ4n) is 1.10. The molecule has 0 unspecified atom stereocenters. The quantitative estimate of drug-likeness (QED) is 0.802. The van der Waals surface area contributed by atoms with Crippen molar-refractivity contribution in [3.63, 3.8) is 0 Å². The van der Waals surface area contributed by atoms with E-state index in [0.29, 0.717) is 13.2 Å². The normalized spacial score (nSPS) is 11.4. The summed E-state index contributed by atoms with van der Waals surface area (Å²) in [6, 6.07) is 1.33. The van der Waals surface area contributed by atoms with Gasteiger partial charge in [0, 0.05) is 11.9 Å². The lowest BCUT2D eigenvalue weighted by Crippen LogP contribution is -2.22. The first kappa shape index (κ1) is 14.1. The molecule has 7 heteroatoms. The van der Waals surface area contributed by atoms with E-state index in [2.05, 4.69) is 4.72 Å². The molecular formula is C10H15NO4S2. The summed E-state index contributed by atoms with van der Waals surface area (Å²) in [7, 11) is -3.48. The van der Waals surface area contributed by atoms with Gasteiger partial charge in [0.2, 0.25) is 10.0 Å². The number of hydrogen-bond donors (Lipinski definition) is 1. The van der Waals surface area contributed by atoms with Crippen molar-refractivity contribution in [2.45, 2.75) is 24.5 Å². The van der Waals surface area contributed by atoms with Crippen molar-refractivity contribution < 1.29 is 17.9 Å². The maximum absolute atomic E-state index is 11.6. The van der Waals surface area contributed by atoms with Crippen LogP contribution in [0, 0.1) is 0 Å². The molecule has 0 amide bonds. The first-order chi connectivity index (χ1) is 8.01. The Hall–Kier alpha value is -0.920. The topological polar surface area (TPSA) is 72.5 Å². The van der Waals surface area contributed by atoms with Crippen LogP contribution >= 0.6 is 11.3 Å². The number of ether oxygens (including phenoxy) is 1. The van der Waals surface area contributed by atoms with Gasteiger partial charge in [0.25, 0.3) is 0 Å². The van der Waals surface area contributed by atoms with E-state index in [1.54, 1.807) is 6.92 Å². The highest BCUT2D eigenvalue weighted by molar-refractivity contribution is 7.91. The molecule has 0 aromatic carbocycles. The number of carbonyl (C=O) groups excluding carboxylic acids is 1. The Bertz CT molecular complexity index is 478. The minimum atomic E-state index is -3.48. The molecule has 0 aliphatic rings. The molecule has 1 heterocycles. The van der Waals surface area contributed by atoms with Gasteiger partial charge in [-0.2, -0.15) is 0 Å². The molecule has 0 fully saturated rings. The molecule has 96 valence electrons. The zero-order valence-electron chi connectivity index (χ0n) is 9.73. The fourth-order valence-corrected chi connectivity index (χ4v) is 3.34. The van der Waals surface area contributed by atoms with Crippen LogP contribution in [0.1, 0.15) is 30.6 Å². The molecule has 0 atom stereocenters. The summed E-state index contributed by atoms with van der Waals surface area (Å²) in [6.45, 7) is 4.24. The number of thiophene rings is 1. The third-order valence-electron chi connectivity index (χ3n) is 1.85. The SMILES string of the molecule is CCCOC(=O)c1csc(S(=O)(=O)NCC)c1. The number of rotatable bonds is 6. The van der Waals surface area contributed by atoms with Gasteiger partial charge in [0.05, 0.1) is 12.2 Å². The number of nitrogens with one attached hydrogen (secondary N) is 1. The summed E-state index contributed by atoms with van der Waals surface area (Å²) >= 11 is 1.01. The Morgan fingerprint density at radius 2 is 2.18 bits per heavy atom. The van der Waals surface area contributed by atoms with Crippen LogP contribution in [-0.4, -0.2) is 27.5 Å². The van der Waals surface area contributed by atoms with Crippen molar-refractivity contribution in [2.75, 3.05) is 13.2 Å². The van der Waals surface area contributed by atoms with E-state index in [9.17, 15) is 13.2 Å². The van der Waals surface area contributed by atoms with Gasteiger partial charge in [-0.05, 0) is 12.5 Å². The monoisotopic (exact) mass is 277 g/mol. The van der Waals surface area contributed by atoms with Crippen LogP contribution in [-0.2, 0) is 14.8 Å². The van der Waals surface area contributed by atoms with Crippen LogP contribution in [0.3, 0.4) is 0 Å². The van der Waals surface area contributed by atoms with Crippen molar-refractivity contribution in [1.29, 1.82) is 0 Å². The first-order valence-corrected chi connectivity index (χ1v) is 7.62. The molecule has 0 bridgehead atoms. The van der Waals surface area contributed by atoms with Gasteiger partial charge in [0.1, 0.15) is 4.21 Å². The molecule has 1 rings (SSSR count). The summed E-state index contributed by atoms with van der Waals surface area (Å²) in [5.41, 5.74) is 0.278. The standard InChI is InChI=1S/C10H15NO4S2/c1-3-5-15-10(12)8-6-9(16-7-8)17(13,14)11-4-2/h6-7,11H,3-5H2,1-2H3. The number of sulfonamides is 1. The van der Waals surface area contributed by atoms with Crippen LogP contribution in [0.25, 0.3) is 0 Å². The lowest BCUT2D eigenvalue weighted by atomic mass is 10.3. The average Bonchev–Trinajstić information content (AvgIpc) is 2.75. The lowest BCUT2D eigenvalue weighted by molar-refractivity contribution is 0.0505. The molecule has 1 N–H and O–H groups in total. The number of hydrogen-bond acceptors (Lipinski definition) is 5. The molecule has 17 heavy (non-hydrogen) atoms. The summed E-state index contributed by atoms with van der Waals surface area (Å²) in [5, 5.41) is 1.49. The summed E-state index contributed by atoms with van der Waals surface area (Å²) in [4.78, 5) is 11.5. The summed E-state index contributed by atoms with van der Waals surface area (Å²) in [5.74, 6) is -0.485. The Morgan fingerprint density at radius 3 is 2.76 bits per heavy atom. The van der Waals surface area contributed by atoms with Gasteiger partial charge >= 0.3 is 5.97 Å². The smallest absolute Gasteiger partial charge is 0.339 e. The first-order valence-electron chi connectivity index (χ1n) is 5.26. The highest BCUT2D eigenvalue weighted by Gasteiger charge is 2.18. The van der Waals surface area contributed by atoms with Crippen molar-refractivity contribution in [3.8, 4) is 0 Å². The van der Waals surface area contributed by atoms with Gasteiger partial charge in [-0.1, -0.05) is 13.8 Å². The van der Waals surface area contributed by atoms with E-state index in [1.165, 1.54) is 11.4 Å². The van der Waals surface area contributed by atoms with Gasteiger partial charge < -0.3 is 4.74 Å². The van der Waals surface area contributed by atoms with Crippen LogP contribution in [0.2, 0.25) is 0 Å².